The Bertz CT molecular complexity index is 1680. The van der Waals surface area contributed by atoms with Gasteiger partial charge < -0.3 is 4.74 Å². The maximum atomic E-state index is 13.2. The van der Waals surface area contributed by atoms with Crippen LogP contribution < -0.4 is 4.74 Å². The van der Waals surface area contributed by atoms with E-state index < -0.39 is 0 Å². The minimum atomic E-state index is -0.273. The molecule has 1 aliphatic rings. The molecule has 0 N–H and O–H groups in total. The first-order chi connectivity index (χ1) is 18.2. The van der Waals surface area contributed by atoms with E-state index in [1.807, 2.05) is 84.9 Å². The molecule has 1 aliphatic heterocycles. The molecule has 5 aromatic carbocycles. The van der Waals surface area contributed by atoms with E-state index in [-0.39, 0.29) is 17.7 Å². The molecule has 5 aromatic rings. The normalized spacial score (nSPS) is 14.7. The number of ether oxygens (including phenoxy) is 1. The second-order valence-electron chi connectivity index (χ2n) is 8.91. The van der Waals surface area contributed by atoms with Crippen LogP contribution in [0.25, 0.3) is 27.6 Å². The minimum absolute atomic E-state index is 0.248. The fraction of sp³-hybridized carbons (Fsp3) is 0.0625. The number of imide groups is 1. The number of carbonyl (C=O) groups is 2. The average Bonchev–Trinajstić information content (AvgIpc) is 3.19. The van der Waals surface area contributed by atoms with Crippen LogP contribution in [-0.4, -0.2) is 16.0 Å². The molecule has 0 radical (unpaired) electrons. The van der Waals surface area contributed by atoms with Crippen molar-refractivity contribution in [1.29, 1.82) is 0 Å². The van der Waals surface area contributed by atoms with Gasteiger partial charge in [0.05, 0.1) is 11.4 Å². The van der Waals surface area contributed by atoms with E-state index in [0.717, 1.165) is 39.2 Å². The fourth-order valence-electron chi connectivity index (χ4n) is 4.66. The monoisotopic (exact) mass is 501 g/mol. The average molecular weight is 502 g/mol. The predicted octanol–water partition coefficient (Wildman–Crippen LogP) is 7.81. The molecule has 0 aromatic heterocycles. The second-order valence-corrected chi connectivity index (χ2v) is 9.90. The van der Waals surface area contributed by atoms with Crippen molar-refractivity contribution in [3.8, 4) is 5.75 Å². The van der Waals surface area contributed by atoms with E-state index in [0.29, 0.717) is 17.3 Å². The lowest BCUT2D eigenvalue weighted by Crippen LogP contribution is -2.27. The van der Waals surface area contributed by atoms with Crippen molar-refractivity contribution in [2.24, 2.45) is 0 Å². The predicted molar refractivity (Wildman–Crippen MR) is 150 cm³/mol. The quantitative estimate of drug-likeness (QED) is 0.223. The lowest BCUT2D eigenvalue weighted by molar-refractivity contribution is -0.123. The molecule has 0 atom stereocenters. The smallest absolute Gasteiger partial charge is 0.293 e. The van der Waals surface area contributed by atoms with Gasteiger partial charge >= 0.3 is 0 Å². The summed E-state index contributed by atoms with van der Waals surface area (Å²) in [5.41, 5.74) is 2.87. The number of thioether (sulfide) groups is 1. The fourth-order valence-corrected chi connectivity index (χ4v) is 5.50. The highest BCUT2D eigenvalue weighted by molar-refractivity contribution is 8.18. The van der Waals surface area contributed by atoms with Crippen LogP contribution in [0.15, 0.2) is 114 Å². The van der Waals surface area contributed by atoms with Gasteiger partial charge in [0, 0.05) is 0 Å². The van der Waals surface area contributed by atoms with Crippen molar-refractivity contribution in [2.45, 2.75) is 13.2 Å². The Labute approximate surface area is 219 Å². The first-order valence-electron chi connectivity index (χ1n) is 12.1. The largest absolute Gasteiger partial charge is 0.489 e. The molecule has 180 valence electrons. The van der Waals surface area contributed by atoms with Gasteiger partial charge in [0.1, 0.15) is 12.4 Å². The summed E-state index contributed by atoms with van der Waals surface area (Å²) < 4.78 is 6.10. The molecule has 2 amide bonds. The Kier molecular flexibility index (Phi) is 6.21. The maximum Gasteiger partial charge on any atom is 0.293 e. The van der Waals surface area contributed by atoms with Crippen molar-refractivity contribution in [3.05, 3.63) is 131 Å². The Morgan fingerprint density at radius 3 is 2.08 bits per heavy atom. The van der Waals surface area contributed by atoms with Gasteiger partial charge in [-0.25, -0.2) is 0 Å². The summed E-state index contributed by atoms with van der Waals surface area (Å²) in [6.45, 7) is 0.684. The highest BCUT2D eigenvalue weighted by atomic mass is 32.2. The number of nitrogens with zero attached hydrogens (tertiary/aromatic N) is 1. The number of carbonyl (C=O) groups excluding carboxylic acids is 2. The molecule has 0 saturated carbocycles. The summed E-state index contributed by atoms with van der Waals surface area (Å²) in [5, 5.41) is 4.22. The van der Waals surface area contributed by atoms with Crippen LogP contribution in [0.2, 0.25) is 0 Å². The molecule has 0 unspecified atom stereocenters. The standard InChI is InChI=1S/C32H23NO3S/c34-31-30(37-32(35)33(31)20-25-13-6-11-23-9-1-3-16-28(23)25)19-22-8-5-15-27(18-22)36-21-26-14-7-12-24-10-2-4-17-29(24)26/h1-19H,20-21H2/b30-19+. The van der Waals surface area contributed by atoms with Gasteiger partial charge in [-0.3, -0.25) is 14.5 Å². The van der Waals surface area contributed by atoms with Gasteiger partial charge in [-0.05, 0) is 68.2 Å². The molecular weight excluding hydrogens is 478 g/mol. The molecule has 0 aliphatic carbocycles. The van der Waals surface area contributed by atoms with Gasteiger partial charge in [-0.15, -0.1) is 0 Å². The molecule has 1 fully saturated rings. The third-order valence-corrected chi connectivity index (χ3v) is 7.42. The molecule has 6 rings (SSSR count). The number of rotatable bonds is 6. The van der Waals surface area contributed by atoms with Crippen LogP contribution >= 0.6 is 11.8 Å². The number of hydrogen-bond acceptors (Lipinski definition) is 4. The van der Waals surface area contributed by atoms with E-state index >= 15 is 0 Å². The van der Waals surface area contributed by atoms with Crippen molar-refractivity contribution >= 4 is 50.5 Å². The lowest BCUT2D eigenvalue weighted by Gasteiger charge is -2.14. The number of fused-ring (bicyclic) bond motifs is 2. The van der Waals surface area contributed by atoms with Crippen LogP contribution in [0, 0.1) is 0 Å². The highest BCUT2D eigenvalue weighted by Gasteiger charge is 2.35. The third-order valence-electron chi connectivity index (χ3n) is 6.51. The van der Waals surface area contributed by atoms with Crippen molar-refractivity contribution in [2.75, 3.05) is 0 Å². The van der Waals surface area contributed by atoms with Gasteiger partial charge in [0.2, 0.25) is 0 Å². The summed E-state index contributed by atoms with van der Waals surface area (Å²) in [6, 6.07) is 36.0. The van der Waals surface area contributed by atoms with Crippen LogP contribution in [-0.2, 0) is 17.9 Å². The molecule has 0 bridgehead atoms. The van der Waals surface area contributed by atoms with Crippen molar-refractivity contribution in [3.63, 3.8) is 0 Å². The Morgan fingerprint density at radius 2 is 1.32 bits per heavy atom. The lowest BCUT2D eigenvalue weighted by atomic mass is 10.0. The third kappa shape index (κ3) is 4.74. The minimum Gasteiger partial charge on any atom is -0.489 e. The van der Waals surface area contributed by atoms with E-state index in [9.17, 15) is 9.59 Å². The highest BCUT2D eigenvalue weighted by Crippen LogP contribution is 2.34. The molecule has 1 saturated heterocycles. The zero-order chi connectivity index (χ0) is 25.2. The zero-order valence-electron chi connectivity index (χ0n) is 20.0. The maximum absolute atomic E-state index is 13.2. The van der Waals surface area contributed by atoms with E-state index in [4.69, 9.17) is 4.74 Å². The molecule has 37 heavy (non-hydrogen) atoms. The van der Waals surface area contributed by atoms with Crippen LogP contribution in [0.1, 0.15) is 16.7 Å². The van der Waals surface area contributed by atoms with Gasteiger partial charge in [0.15, 0.2) is 0 Å². The zero-order valence-corrected chi connectivity index (χ0v) is 20.8. The topological polar surface area (TPSA) is 46.6 Å². The molecular formula is C32H23NO3S. The van der Waals surface area contributed by atoms with Crippen molar-refractivity contribution < 1.29 is 14.3 Å². The Balaban J connectivity index is 1.19. The van der Waals surface area contributed by atoms with Crippen molar-refractivity contribution in [1.82, 2.24) is 4.90 Å². The Hall–Kier alpha value is -4.35. The summed E-state index contributed by atoms with van der Waals surface area (Å²) >= 11 is 0.976. The summed E-state index contributed by atoms with van der Waals surface area (Å²) in [5.74, 6) is 0.432. The summed E-state index contributed by atoms with van der Waals surface area (Å²) in [6.07, 6.45) is 1.76. The van der Waals surface area contributed by atoms with Gasteiger partial charge in [0.25, 0.3) is 11.1 Å². The molecule has 0 spiro atoms. The van der Waals surface area contributed by atoms with E-state index in [2.05, 4.69) is 24.3 Å². The van der Waals surface area contributed by atoms with Crippen LogP contribution in [0.5, 0.6) is 5.75 Å². The first-order valence-corrected chi connectivity index (χ1v) is 12.9. The van der Waals surface area contributed by atoms with Crippen LogP contribution in [0.3, 0.4) is 0 Å². The van der Waals surface area contributed by atoms with Gasteiger partial charge in [-0.1, -0.05) is 97.1 Å². The van der Waals surface area contributed by atoms with E-state index in [1.165, 1.54) is 15.7 Å². The number of amides is 2. The number of benzene rings is 5. The summed E-state index contributed by atoms with van der Waals surface area (Å²) in [7, 11) is 0. The van der Waals surface area contributed by atoms with Gasteiger partial charge in [-0.2, -0.15) is 0 Å². The molecule has 4 nitrogen and oxygen atoms in total. The molecule has 5 heteroatoms. The summed E-state index contributed by atoms with van der Waals surface area (Å²) in [4.78, 5) is 27.7. The molecule has 1 heterocycles. The SMILES string of the molecule is O=C1S/C(=C/c2cccc(OCc3cccc4ccccc34)c2)C(=O)N1Cc1cccc2ccccc12. The number of hydrogen-bond donors (Lipinski definition) is 0. The van der Waals surface area contributed by atoms with Crippen LogP contribution in [0.4, 0.5) is 4.79 Å². The second kappa shape index (κ2) is 9.96. The Morgan fingerprint density at radius 1 is 0.703 bits per heavy atom. The van der Waals surface area contributed by atoms with E-state index in [1.54, 1.807) is 6.08 Å². The first kappa shape index (κ1) is 23.1.